The van der Waals surface area contributed by atoms with E-state index < -0.39 is 5.41 Å². The minimum absolute atomic E-state index is 0.0162. The van der Waals surface area contributed by atoms with Crippen LogP contribution in [0.5, 0.6) is 0 Å². The Balaban J connectivity index is 2.04. The van der Waals surface area contributed by atoms with Crippen LogP contribution in [0, 0.1) is 22.7 Å². The largest absolute Gasteiger partial charge is 0.353 e. The summed E-state index contributed by atoms with van der Waals surface area (Å²) < 4.78 is 0. The van der Waals surface area contributed by atoms with E-state index in [0.717, 1.165) is 12.8 Å². The van der Waals surface area contributed by atoms with Crippen molar-refractivity contribution in [1.82, 2.24) is 5.32 Å². The maximum atomic E-state index is 11.9. The Morgan fingerprint density at radius 2 is 2.06 bits per heavy atom. The van der Waals surface area contributed by atoms with E-state index >= 15 is 0 Å². The summed E-state index contributed by atoms with van der Waals surface area (Å²) in [6.07, 6.45) is 1.58. The molecule has 1 fully saturated rings. The van der Waals surface area contributed by atoms with Crippen LogP contribution in [-0.2, 0) is 11.2 Å². The first-order valence-corrected chi connectivity index (χ1v) is 6.28. The molecule has 1 heterocycles. The summed E-state index contributed by atoms with van der Waals surface area (Å²) in [5, 5.41) is 12.1. The van der Waals surface area contributed by atoms with Crippen molar-refractivity contribution in [2.24, 2.45) is 11.3 Å². The highest BCUT2D eigenvalue weighted by Crippen LogP contribution is 2.34. The van der Waals surface area contributed by atoms with E-state index in [0.29, 0.717) is 0 Å². The van der Waals surface area contributed by atoms with Crippen LogP contribution in [0.25, 0.3) is 0 Å². The predicted molar refractivity (Wildman–Crippen MR) is 69.6 cm³/mol. The summed E-state index contributed by atoms with van der Waals surface area (Å²) in [6.45, 7) is 3.67. The predicted octanol–water partition coefficient (Wildman–Crippen LogP) is 2.28. The lowest BCUT2D eigenvalue weighted by Crippen LogP contribution is -2.31. The van der Waals surface area contributed by atoms with Gasteiger partial charge in [-0.3, -0.25) is 4.79 Å². The highest BCUT2D eigenvalue weighted by atomic mass is 16.2. The normalized spacial score (nSPS) is 23.5. The van der Waals surface area contributed by atoms with E-state index in [2.05, 4.69) is 23.5 Å². The Morgan fingerprint density at radius 1 is 1.39 bits per heavy atom. The molecule has 0 aromatic heterocycles. The maximum Gasteiger partial charge on any atom is 0.225 e. The third-order valence-electron chi connectivity index (χ3n) is 3.67. The maximum absolute atomic E-state index is 11.9. The van der Waals surface area contributed by atoms with Gasteiger partial charge in [-0.2, -0.15) is 5.26 Å². The molecule has 1 aromatic carbocycles. The van der Waals surface area contributed by atoms with Gasteiger partial charge in [-0.1, -0.05) is 30.3 Å². The van der Waals surface area contributed by atoms with Crippen molar-refractivity contribution in [3.8, 4) is 6.07 Å². The monoisotopic (exact) mass is 242 g/mol. The van der Waals surface area contributed by atoms with Crippen molar-refractivity contribution < 1.29 is 4.79 Å². The number of nitrogens with zero attached hydrogens (tertiary/aromatic N) is 1. The molecule has 0 saturated carbocycles. The number of nitriles is 1. The molecule has 0 radical (unpaired) electrons. The van der Waals surface area contributed by atoms with Gasteiger partial charge in [0.2, 0.25) is 5.91 Å². The van der Waals surface area contributed by atoms with Crippen molar-refractivity contribution in [2.75, 3.05) is 0 Å². The summed E-state index contributed by atoms with van der Waals surface area (Å²) in [5.41, 5.74) is 0.633. The van der Waals surface area contributed by atoms with Crippen LogP contribution >= 0.6 is 0 Å². The van der Waals surface area contributed by atoms with Crippen LogP contribution in [0.4, 0.5) is 0 Å². The number of nitrogens with one attached hydrogen (secondary N) is 1. The second-order valence-electron chi connectivity index (χ2n) is 5.52. The SMILES string of the molecule is CC(C)(C#N)C1CC(Cc2ccccc2)NC1=O. The van der Waals surface area contributed by atoms with E-state index in [-0.39, 0.29) is 17.9 Å². The van der Waals surface area contributed by atoms with E-state index in [1.165, 1.54) is 5.56 Å². The van der Waals surface area contributed by atoms with Crippen LogP contribution in [0.3, 0.4) is 0 Å². The molecule has 2 rings (SSSR count). The van der Waals surface area contributed by atoms with Gasteiger partial charge in [-0.05, 0) is 32.3 Å². The molecule has 18 heavy (non-hydrogen) atoms. The third-order valence-corrected chi connectivity index (χ3v) is 3.67. The molecule has 1 amide bonds. The Kier molecular flexibility index (Phi) is 3.38. The number of hydrogen-bond donors (Lipinski definition) is 1. The van der Waals surface area contributed by atoms with E-state index in [1.807, 2.05) is 32.0 Å². The Hall–Kier alpha value is -1.82. The highest BCUT2D eigenvalue weighted by Gasteiger charge is 2.42. The molecular formula is C15H18N2O. The zero-order valence-electron chi connectivity index (χ0n) is 10.8. The fourth-order valence-corrected chi connectivity index (χ4v) is 2.49. The first-order valence-electron chi connectivity index (χ1n) is 6.28. The first kappa shape index (κ1) is 12.6. The average Bonchev–Trinajstić information content (AvgIpc) is 2.72. The van der Waals surface area contributed by atoms with Gasteiger partial charge in [0.05, 0.1) is 17.4 Å². The van der Waals surface area contributed by atoms with Crippen LogP contribution in [0.2, 0.25) is 0 Å². The van der Waals surface area contributed by atoms with E-state index in [9.17, 15) is 4.79 Å². The number of benzene rings is 1. The number of hydrogen-bond acceptors (Lipinski definition) is 2. The van der Waals surface area contributed by atoms with Gasteiger partial charge in [0, 0.05) is 6.04 Å². The van der Waals surface area contributed by atoms with Gasteiger partial charge >= 0.3 is 0 Å². The van der Waals surface area contributed by atoms with Crippen molar-refractivity contribution in [1.29, 1.82) is 5.26 Å². The summed E-state index contributed by atoms with van der Waals surface area (Å²) in [4.78, 5) is 11.9. The Bertz CT molecular complexity index is 473. The Morgan fingerprint density at radius 3 is 2.67 bits per heavy atom. The summed E-state index contributed by atoms with van der Waals surface area (Å²) in [5.74, 6) is -0.182. The lowest BCUT2D eigenvalue weighted by atomic mass is 9.78. The van der Waals surface area contributed by atoms with Crippen molar-refractivity contribution in [2.45, 2.75) is 32.7 Å². The van der Waals surface area contributed by atoms with E-state index in [1.54, 1.807) is 0 Å². The molecule has 94 valence electrons. The zero-order chi connectivity index (χ0) is 13.2. The molecule has 1 saturated heterocycles. The van der Waals surface area contributed by atoms with Crippen molar-refractivity contribution >= 4 is 5.91 Å². The van der Waals surface area contributed by atoms with Gasteiger partial charge in [0.15, 0.2) is 0 Å². The lowest BCUT2D eigenvalue weighted by molar-refractivity contribution is -0.124. The zero-order valence-corrected chi connectivity index (χ0v) is 10.8. The second-order valence-corrected chi connectivity index (χ2v) is 5.52. The van der Waals surface area contributed by atoms with Gasteiger partial charge in [0.1, 0.15) is 0 Å². The molecule has 3 nitrogen and oxygen atoms in total. The highest BCUT2D eigenvalue weighted by molar-refractivity contribution is 5.82. The molecule has 2 atom stereocenters. The molecule has 0 aliphatic carbocycles. The fourth-order valence-electron chi connectivity index (χ4n) is 2.49. The molecule has 1 N–H and O–H groups in total. The number of rotatable bonds is 3. The average molecular weight is 242 g/mol. The van der Waals surface area contributed by atoms with Gasteiger partial charge in [-0.25, -0.2) is 0 Å². The number of carbonyl (C=O) groups is 1. The van der Waals surface area contributed by atoms with Gasteiger partial charge < -0.3 is 5.32 Å². The summed E-state index contributed by atoms with van der Waals surface area (Å²) >= 11 is 0. The standard InChI is InChI=1S/C15H18N2O/c1-15(2,10-16)13-9-12(17-14(13)18)8-11-6-4-3-5-7-11/h3-7,12-13H,8-9H2,1-2H3,(H,17,18). The molecule has 1 aromatic rings. The minimum Gasteiger partial charge on any atom is -0.353 e. The summed E-state index contributed by atoms with van der Waals surface area (Å²) in [6, 6.07) is 12.5. The summed E-state index contributed by atoms with van der Waals surface area (Å²) in [7, 11) is 0. The van der Waals surface area contributed by atoms with Crippen LogP contribution in [0.15, 0.2) is 30.3 Å². The molecular weight excluding hydrogens is 224 g/mol. The van der Waals surface area contributed by atoms with E-state index in [4.69, 9.17) is 5.26 Å². The smallest absolute Gasteiger partial charge is 0.225 e. The minimum atomic E-state index is -0.588. The quantitative estimate of drug-likeness (QED) is 0.884. The molecule has 0 spiro atoms. The van der Waals surface area contributed by atoms with Crippen molar-refractivity contribution in [3.63, 3.8) is 0 Å². The fraction of sp³-hybridized carbons (Fsp3) is 0.467. The molecule has 1 aliphatic heterocycles. The molecule has 1 aliphatic rings. The van der Waals surface area contributed by atoms with Gasteiger partial charge in [-0.15, -0.1) is 0 Å². The Labute approximate surface area is 108 Å². The molecule has 2 unspecified atom stereocenters. The van der Waals surface area contributed by atoms with Crippen LogP contribution < -0.4 is 5.32 Å². The van der Waals surface area contributed by atoms with Crippen molar-refractivity contribution in [3.05, 3.63) is 35.9 Å². The van der Waals surface area contributed by atoms with Gasteiger partial charge in [0.25, 0.3) is 0 Å². The molecule has 0 bridgehead atoms. The second kappa shape index (κ2) is 4.81. The topological polar surface area (TPSA) is 52.9 Å². The van der Waals surface area contributed by atoms with Crippen LogP contribution in [-0.4, -0.2) is 11.9 Å². The number of amides is 1. The lowest BCUT2D eigenvalue weighted by Gasteiger charge is -2.20. The third kappa shape index (κ3) is 2.53. The molecule has 3 heteroatoms. The number of carbonyl (C=O) groups excluding carboxylic acids is 1. The first-order chi connectivity index (χ1) is 8.53. The van der Waals surface area contributed by atoms with Crippen LogP contribution in [0.1, 0.15) is 25.8 Å².